The van der Waals surface area contributed by atoms with Crippen LogP contribution in [0.25, 0.3) is 0 Å². The topological polar surface area (TPSA) is 46.5 Å². The number of esters is 1. The summed E-state index contributed by atoms with van der Waals surface area (Å²) in [6.07, 6.45) is -0.202. The number of carbonyl (C=O) groups excluding carboxylic acids is 1. The van der Waals surface area contributed by atoms with E-state index < -0.39 is 18.2 Å². The molecule has 3 nitrogen and oxygen atoms in total. The molecular formula is C16H23F3O3. The Morgan fingerprint density at radius 1 is 1.41 bits per heavy atom. The van der Waals surface area contributed by atoms with Crippen molar-refractivity contribution in [3.63, 3.8) is 0 Å². The number of alkyl halides is 3. The lowest BCUT2D eigenvalue weighted by Crippen LogP contribution is -2.33. The maximum atomic E-state index is 13.0. The van der Waals surface area contributed by atoms with Gasteiger partial charge in [0.2, 0.25) is 0 Å². The fourth-order valence-corrected chi connectivity index (χ4v) is 3.48. The molecule has 0 bridgehead atoms. The molecule has 1 heterocycles. The maximum absolute atomic E-state index is 13.0. The number of aliphatic hydroxyl groups is 1. The molecule has 0 aromatic rings. The van der Waals surface area contributed by atoms with Crippen molar-refractivity contribution in [3.05, 3.63) is 12.2 Å². The van der Waals surface area contributed by atoms with Gasteiger partial charge in [0.25, 0.3) is 0 Å². The SMILES string of the molecule is CCCCC(C(O)C=C[C@H]1CC[C@H]2OC(=O)C[C@H]12)C(F)(F)F. The number of allylic oxidation sites excluding steroid dienone is 1. The molecule has 0 amide bonds. The van der Waals surface area contributed by atoms with Gasteiger partial charge in [-0.2, -0.15) is 13.2 Å². The van der Waals surface area contributed by atoms with Crippen LogP contribution in [-0.2, 0) is 9.53 Å². The first-order chi connectivity index (χ1) is 10.3. The van der Waals surface area contributed by atoms with Crippen LogP contribution in [0.5, 0.6) is 0 Å². The molecule has 2 rings (SSSR count). The van der Waals surface area contributed by atoms with Crippen LogP contribution in [0, 0.1) is 17.8 Å². The zero-order valence-electron chi connectivity index (χ0n) is 12.7. The van der Waals surface area contributed by atoms with Gasteiger partial charge in [-0.1, -0.05) is 31.9 Å². The standard InChI is InChI=1S/C16H23F3O3/c1-2-3-4-12(16(17,18)19)13(20)7-5-10-6-8-14-11(10)9-15(21)22-14/h5,7,10-14,20H,2-4,6,8-9H2,1H3/t10-,11+,12?,13?,14+/m0/s1. The van der Waals surface area contributed by atoms with Crippen molar-refractivity contribution in [3.8, 4) is 0 Å². The fourth-order valence-electron chi connectivity index (χ4n) is 3.48. The van der Waals surface area contributed by atoms with Gasteiger partial charge in [-0.15, -0.1) is 0 Å². The van der Waals surface area contributed by atoms with Gasteiger partial charge in [-0.3, -0.25) is 4.79 Å². The number of halogens is 3. The third kappa shape index (κ3) is 4.03. The van der Waals surface area contributed by atoms with Gasteiger partial charge in [-0.05, 0) is 25.2 Å². The van der Waals surface area contributed by atoms with E-state index in [0.29, 0.717) is 19.3 Å². The summed E-state index contributed by atoms with van der Waals surface area (Å²) < 4.78 is 44.2. The Hall–Kier alpha value is -1.04. The number of carbonyl (C=O) groups is 1. The van der Waals surface area contributed by atoms with Crippen LogP contribution < -0.4 is 0 Å². The lowest BCUT2D eigenvalue weighted by molar-refractivity contribution is -0.195. The quantitative estimate of drug-likeness (QED) is 0.601. The summed E-state index contributed by atoms with van der Waals surface area (Å²) in [5.41, 5.74) is 0. The van der Waals surface area contributed by atoms with Crippen molar-refractivity contribution in [2.24, 2.45) is 17.8 Å². The third-order valence-electron chi connectivity index (χ3n) is 4.75. The van der Waals surface area contributed by atoms with Crippen molar-refractivity contribution in [1.29, 1.82) is 0 Å². The highest BCUT2D eigenvalue weighted by Crippen LogP contribution is 2.42. The van der Waals surface area contributed by atoms with Crippen molar-refractivity contribution in [2.45, 2.75) is 63.8 Å². The lowest BCUT2D eigenvalue weighted by atomic mass is 9.90. The summed E-state index contributed by atoms with van der Waals surface area (Å²) in [4.78, 5) is 11.3. The normalized spacial score (nSPS) is 31.3. The number of unbranched alkanes of at least 4 members (excludes halogenated alkanes) is 1. The molecule has 1 saturated heterocycles. The minimum Gasteiger partial charge on any atom is -0.462 e. The summed E-state index contributed by atoms with van der Waals surface area (Å²) >= 11 is 0. The number of fused-ring (bicyclic) bond motifs is 1. The first kappa shape index (κ1) is 17.3. The molecule has 0 radical (unpaired) electrons. The summed E-state index contributed by atoms with van der Waals surface area (Å²) in [5.74, 6) is -1.88. The molecule has 6 heteroatoms. The van der Waals surface area contributed by atoms with E-state index in [1.807, 2.05) is 6.92 Å². The Kier molecular flexibility index (Phi) is 5.53. The van der Waals surface area contributed by atoms with E-state index in [9.17, 15) is 23.1 Å². The molecule has 1 aliphatic heterocycles. The second-order valence-corrected chi connectivity index (χ2v) is 6.30. The van der Waals surface area contributed by atoms with Crippen molar-refractivity contribution in [1.82, 2.24) is 0 Å². The summed E-state index contributed by atoms with van der Waals surface area (Å²) in [6, 6.07) is 0. The number of hydrogen-bond acceptors (Lipinski definition) is 3. The highest BCUT2D eigenvalue weighted by molar-refractivity contribution is 5.72. The Morgan fingerprint density at radius 2 is 2.14 bits per heavy atom. The molecule has 126 valence electrons. The highest BCUT2D eigenvalue weighted by Gasteiger charge is 2.45. The van der Waals surface area contributed by atoms with Gasteiger partial charge in [0, 0.05) is 5.92 Å². The fraction of sp³-hybridized carbons (Fsp3) is 0.812. The maximum Gasteiger partial charge on any atom is 0.394 e. The zero-order valence-corrected chi connectivity index (χ0v) is 12.7. The van der Waals surface area contributed by atoms with E-state index in [2.05, 4.69) is 0 Å². The molecule has 2 fully saturated rings. The predicted octanol–water partition coefficient (Wildman–Crippen LogP) is 3.61. The smallest absolute Gasteiger partial charge is 0.394 e. The molecule has 0 aromatic carbocycles. The number of aliphatic hydroxyl groups excluding tert-OH is 1. The Labute approximate surface area is 128 Å². The van der Waals surface area contributed by atoms with Crippen LogP contribution in [0.15, 0.2) is 12.2 Å². The van der Waals surface area contributed by atoms with Gasteiger partial charge < -0.3 is 9.84 Å². The van der Waals surface area contributed by atoms with E-state index in [0.717, 1.165) is 12.8 Å². The summed E-state index contributed by atoms with van der Waals surface area (Å²) in [6.45, 7) is 1.82. The first-order valence-corrected chi connectivity index (χ1v) is 7.95. The number of hydrogen-bond donors (Lipinski definition) is 1. The van der Waals surface area contributed by atoms with Gasteiger partial charge in [0.05, 0.1) is 18.4 Å². The van der Waals surface area contributed by atoms with Crippen LogP contribution in [-0.4, -0.2) is 29.5 Å². The van der Waals surface area contributed by atoms with Crippen LogP contribution in [0.2, 0.25) is 0 Å². The van der Waals surface area contributed by atoms with E-state index in [-0.39, 0.29) is 30.3 Å². The summed E-state index contributed by atoms with van der Waals surface area (Å²) in [5, 5.41) is 9.92. The second-order valence-electron chi connectivity index (χ2n) is 6.30. The molecule has 1 saturated carbocycles. The minimum atomic E-state index is -4.40. The second kappa shape index (κ2) is 7.02. The molecule has 22 heavy (non-hydrogen) atoms. The average molecular weight is 320 g/mol. The molecule has 0 aromatic heterocycles. The van der Waals surface area contributed by atoms with E-state index in [1.165, 1.54) is 6.08 Å². The molecule has 1 aliphatic carbocycles. The van der Waals surface area contributed by atoms with Crippen LogP contribution in [0.1, 0.15) is 45.4 Å². The van der Waals surface area contributed by atoms with E-state index in [1.54, 1.807) is 6.08 Å². The Morgan fingerprint density at radius 3 is 2.77 bits per heavy atom. The highest BCUT2D eigenvalue weighted by atomic mass is 19.4. The van der Waals surface area contributed by atoms with Crippen LogP contribution in [0.4, 0.5) is 13.2 Å². The number of rotatable bonds is 6. The largest absolute Gasteiger partial charge is 0.462 e. The van der Waals surface area contributed by atoms with Crippen molar-refractivity contribution >= 4 is 5.97 Å². The van der Waals surface area contributed by atoms with Gasteiger partial charge in [-0.25, -0.2) is 0 Å². The molecular weight excluding hydrogens is 297 g/mol. The molecule has 2 unspecified atom stereocenters. The third-order valence-corrected chi connectivity index (χ3v) is 4.75. The van der Waals surface area contributed by atoms with Crippen LogP contribution >= 0.6 is 0 Å². The predicted molar refractivity (Wildman–Crippen MR) is 74.9 cm³/mol. The Balaban J connectivity index is 1.97. The monoisotopic (exact) mass is 320 g/mol. The molecule has 2 aliphatic rings. The van der Waals surface area contributed by atoms with Gasteiger partial charge >= 0.3 is 12.1 Å². The van der Waals surface area contributed by atoms with E-state index in [4.69, 9.17) is 4.74 Å². The first-order valence-electron chi connectivity index (χ1n) is 7.95. The van der Waals surface area contributed by atoms with Crippen molar-refractivity contribution < 1.29 is 27.8 Å². The van der Waals surface area contributed by atoms with Gasteiger partial charge in [0.15, 0.2) is 0 Å². The van der Waals surface area contributed by atoms with E-state index >= 15 is 0 Å². The molecule has 0 spiro atoms. The van der Waals surface area contributed by atoms with Crippen LogP contribution in [0.3, 0.4) is 0 Å². The minimum absolute atomic E-state index is 0.0196. The van der Waals surface area contributed by atoms with Crippen molar-refractivity contribution in [2.75, 3.05) is 0 Å². The molecule has 1 N–H and O–H groups in total. The average Bonchev–Trinajstić information content (AvgIpc) is 2.94. The number of ether oxygens (including phenoxy) is 1. The summed E-state index contributed by atoms with van der Waals surface area (Å²) in [7, 11) is 0. The zero-order chi connectivity index (χ0) is 16.3. The molecule has 5 atom stereocenters. The lowest BCUT2D eigenvalue weighted by Gasteiger charge is -2.23. The van der Waals surface area contributed by atoms with Gasteiger partial charge in [0.1, 0.15) is 6.10 Å². The Bertz CT molecular complexity index is 419.